The van der Waals surface area contributed by atoms with Crippen LogP contribution >= 0.6 is 34.9 Å². The molecule has 4 heterocycles. The van der Waals surface area contributed by atoms with Crippen molar-refractivity contribution in [2.45, 2.75) is 29.9 Å². The van der Waals surface area contributed by atoms with Crippen molar-refractivity contribution >= 4 is 84.5 Å². The highest BCUT2D eigenvalue weighted by molar-refractivity contribution is 8.15. The number of aliphatic carboxylic acids is 2. The first-order chi connectivity index (χ1) is 23.7. The van der Waals surface area contributed by atoms with Crippen LogP contribution in [0.25, 0.3) is 21.0 Å². The number of methoxy groups -OCH3 is 1. The highest BCUT2D eigenvalue weighted by Gasteiger charge is 2.65. The first kappa shape index (κ1) is 33.0. The lowest BCUT2D eigenvalue weighted by molar-refractivity contribution is -0.186. The van der Waals surface area contributed by atoms with E-state index in [1.807, 2.05) is 60.7 Å². The molecule has 14 heteroatoms. The van der Waals surface area contributed by atoms with Crippen molar-refractivity contribution < 1.29 is 38.9 Å². The number of carboxylic acids is 2. The van der Waals surface area contributed by atoms with Crippen molar-refractivity contribution in [2.75, 3.05) is 25.2 Å². The summed E-state index contributed by atoms with van der Waals surface area (Å²) in [7, 11) is 1.38. The fourth-order valence-electron chi connectivity index (χ4n) is 6.17. The van der Waals surface area contributed by atoms with Gasteiger partial charge in [-0.2, -0.15) is 0 Å². The molecule has 1 saturated heterocycles. The molecule has 7 rings (SSSR count). The summed E-state index contributed by atoms with van der Waals surface area (Å²) in [5.41, 5.74) is 0.580. The van der Waals surface area contributed by atoms with Crippen molar-refractivity contribution in [3.05, 3.63) is 94.7 Å². The molecule has 0 radical (unpaired) electrons. The Bertz CT molecular complexity index is 2110. The molecule has 0 aliphatic carbocycles. The largest absolute Gasteiger partial charge is 0.490 e. The number of thioether (sulfide) groups is 2. The lowest BCUT2D eigenvalue weighted by atomic mass is 9.84. The SMILES string of the molecule is CO[C@@]1(CC(=O)Cc2ccccc2)C(=O)N2C(C(=O)O)=C(/C=C/COc3ccc4c(ccc5nc(C6=NC(C(=O)O)CS6)sc54)c3)CSC21. The minimum Gasteiger partial charge on any atom is -0.490 e. The molecule has 3 aliphatic rings. The van der Waals surface area contributed by atoms with Crippen molar-refractivity contribution in [3.63, 3.8) is 0 Å². The third-order valence-electron chi connectivity index (χ3n) is 8.55. The second kappa shape index (κ2) is 13.4. The number of β-lactam (4-membered cyclic amide) rings is 1. The van der Waals surface area contributed by atoms with Gasteiger partial charge in [-0.05, 0) is 46.9 Å². The van der Waals surface area contributed by atoms with E-state index in [9.17, 15) is 29.4 Å². The van der Waals surface area contributed by atoms with Gasteiger partial charge in [0.1, 0.15) is 39.3 Å². The highest BCUT2D eigenvalue weighted by atomic mass is 32.2. The van der Waals surface area contributed by atoms with E-state index in [4.69, 9.17) is 9.47 Å². The molecule has 2 unspecified atom stereocenters. The van der Waals surface area contributed by atoms with Gasteiger partial charge in [-0.3, -0.25) is 19.5 Å². The van der Waals surface area contributed by atoms with Crippen LogP contribution in [0.1, 0.15) is 17.0 Å². The number of aromatic nitrogens is 1. The van der Waals surface area contributed by atoms with Gasteiger partial charge >= 0.3 is 11.9 Å². The van der Waals surface area contributed by atoms with Gasteiger partial charge in [0.25, 0.3) is 5.91 Å². The van der Waals surface area contributed by atoms with Gasteiger partial charge in [-0.15, -0.1) is 34.9 Å². The van der Waals surface area contributed by atoms with E-state index < -0.39 is 34.9 Å². The molecule has 1 aromatic heterocycles. The molecular weight excluding hydrogens is 687 g/mol. The topological polar surface area (TPSA) is 156 Å². The molecule has 11 nitrogen and oxygen atoms in total. The summed E-state index contributed by atoms with van der Waals surface area (Å²) in [6, 6.07) is 18.1. The summed E-state index contributed by atoms with van der Waals surface area (Å²) in [5.74, 6) is -1.53. The molecule has 3 atom stereocenters. The van der Waals surface area contributed by atoms with Crippen molar-refractivity contribution in [2.24, 2.45) is 4.99 Å². The highest BCUT2D eigenvalue weighted by Crippen LogP contribution is 2.50. The Hall–Kier alpha value is -4.50. The van der Waals surface area contributed by atoms with Crippen LogP contribution in [-0.2, 0) is 30.3 Å². The number of ketones is 1. The zero-order valence-electron chi connectivity index (χ0n) is 26.0. The number of carbonyl (C=O) groups is 4. The molecule has 2 N–H and O–H groups in total. The van der Waals surface area contributed by atoms with Crippen LogP contribution in [0.4, 0.5) is 0 Å². The van der Waals surface area contributed by atoms with Crippen molar-refractivity contribution in [1.82, 2.24) is 9.88 Å². The summed E-state index contributed by atoms with van der Waals surface area (Å²) >= 11 is 4.25. The van der Waals surface area contributed by atoms with Crippen molar-refractivity contribution in [3.8, 4) is 5.75 Å². The van der Waals surface area contributed by atoms with Crippen LogP contribution in [0.15, 0.2) is 89.1 Å². The van der Waals surface area contributed by atoms with Gasteiger partial charge in [0.05, 0.1) is 10.2 Å². The van der Waals surface area contributed by atoms with Crippen LogP contribution in [-0.4, -0.2) is 91.0 Å². The minimum atomic E-state index is -1.41. The molecule has 0 spiro atoms. The van der Waals surface area contributed by atoms with Crippen LogP contribution in [0.5, 0.6) is 5.75 Å². The number of rotatable bonds is 12. The van der Waals surface area contributed by atoms with Gasteiger partial charge in [0.2, 0.25) is 0 Å². The lowest BCUT2D eigenvalue weighted by Crippen LogP contribution is -2.74. The van der Waals surface area contributed by atoms with E-state index in [0.717, 1.165) is 26.6 Å². The second-order valence-electron chi connectivity index (χ2n) is 11.6. The van der Waals surface area contributed by atoms with Crippen LogP contribution < -0.4 is 4.74 Å². The summed E-state index contributed by atoms with van der Waals surface area (Å²) in [6.45, 7) is 0.161. The maximum atomic E-state index is 13.5. The number of ether oxygens (including phenoxy) is 2. The van der Waals surface area contributed by atoms with E-state index in [0.29, 0.717) is 32.9 Å². The number of fused-ring (bicyclic) bond motifs is 4. The molecule has 4 aromatic rings. The van der Waals surface area contributed by atoms with Gasteiger partial charge in [-0.1, -0.05) is 42.5 Å². The Balaban J connectivity index is 1.03. The second-order valence-corrected chi connectivity index (χ2v) is 14.7. The number of thiazole rings is 1. The maximum absolute atomic E-state index is 13.5. The van der Waals surface area contributed by atoms with Gasteiger partial charge in [0.15, 0.2) is 11.6 Å². The number of hydrogen-bond acceptors (Lipinski definition) is 11. The smallest absolute Gasteiger partial charge is 0.352 e. The quantitative estimate of drug-likeness (QED) is 0.187. The van der Waals surface area contributed by atoms with Crippen LogP contribution in [0.2, 0.25) is 0 Å². The number of nitrogens with zero attached hydrogens (tertiary/aromatic N) is 3. The predicted octanol–water partition coefficient (Wildman–Crippen LogP) is 5.17. The number of carbonyl (C=O) groups excluding carboxylic acids is 2. The van der Waals surface area contributed by atoms with E-state index in [1.165, 1.54) is 46.9 Å². The third-order valence-corrected chi connectivity index (χ3v) is 12.2. The van der Waals surface area contributed by atoms with E-state index in [1.54, 1.807) is 12.2 Å². The number of aliphatic imine (C=N–C) groups is 1. The average molecular weight is 716 g/mol. The normalized spacial score (nSPS) is 22.0. The molecule has 1 amide bonds. The minimum absolute atomic E-state index is 0.118. The van der Waals surface area contributed by atoms with E-state index >= 15 is 0 Å². The molecule has 0 saturated carbocycles. The predicted molar refractivity (Wildman–Crippen MR) is 189 cm³/mol. The Morgan fingerprint density at radius 2 is 1.92 bits per heavy atom. The van der Waals surface area contributed by atoms with Gasteiger partial charge in [-0.25, -0.2) is 14.6 Å². The Morgan fingerprint density at radius 3 is 2.65 bits per heavy atom. The lowest BCUT2D eigenvalue weighted by Gasteiger charge is -2.56. The van der Waals surface area contributed by atoms with Gasteiger partial charge < -0.3 is 19.7 Å². The zero-order chi connectivity index (χ0) is 34.3. The fourth-order valence-corrected chi connectivity index (χ4v) is 9.84. The molecule has 250 valence electrons. The Morgan fingerprint density at radius 1 is 1.10 bits per heavy atom. The maximum Gasteiger partial charge on any atom is 0.352 e. The molecular formula is C35H29N3O8S3. The standard InChI is InChI=1S/C35H29N3O8S3/c1-45-35(16-22(39)14-19-6-3-2-4-7-19)33(44)38-27(32(42)43)21(17-48-34(35)38)8-5-13-46-23-10-11-24-20(15-23)9-12-25-28(24)49-30(36-25)29-37-26(18-47-29)31(40)41/h2-12,15,26,34H,13-14,16-18H2,1H3,(H,40,41)(H,42,43)/b8-5+/t26?,34?,35-/m0/s1. The summed E-state index contributed by atoms with van der Waals surface area (Å²) < 4.78 is 12.6. The van der Waals surface area contributed by atoms with Crippen LogP contribution in [0, 0.1) is 0 Å². The summed E-state index contributed by atoms with van der Waals surface area (Å²) in [6.07, 6.45) is 3.39. The number of allylic oxidation sites excluding steroid dienone is 1. The van der Waals surface area contributed by atoms with E-state index in [-0.39, 0.29) is 30.9 Å². The van der Waals surface area contributed by atoms with Crippen LogP contribution in [0.3, 0.4) is 0 Å². The molecule has 3 aliphatic heterocycles. The monoisotopic (exact) mass is 715 g/mol. The summed E-state index contributed by atoms with van der Waals surface area (Å²) in [5, 5.41) is 22.0. The fraction of sp³-hybridized carbons (Fsp3) is 0.257. The molecule has 49 heavy (non-hydrogen) atoms. The molecule has 0 bridgehead atoms. The summed E-state index contributed by atoms with van der Waals surface area (Å²) in [4.78, 5) is 60.3. The first-order valence-electron chi connectivity index (χ1n) is 15.3. The number of amides is 1. The number of Topliss-reactive ketones (excluding diaryl/α,β-unsaturated/α-hetero) is 1. The van der Waals surface area contributed by atoms with Crippen molar-refractivity contribution in [1.29, 1.82) is 0 Å². The first-order valence-corrected chi connectivity index (χ1v) is 18.1. The Labute approximate surface area is 292 Å². The Kier molecular flexibility index (Phi) is 9.05. The zero-order valence-corrected chi connectivity index (χ0v) is 28.5. The average Bonchev–Trinajstić information content (AvgIpc) is 3.77. The molecule has 3 aromatic carbocycles. The number of benzene rings is 3. The third kappa shape index (κ3) is 6.14. The van der Waals surface area contributed by atoms with Gasteiger partial charge in [0, 0.05) is 36.8 Å². The van der Waals surface area contributed by atoms with E-state index in [2.05, 4.69) is 9.98 Å². The number of carboxylic acid groups (broad SMARTS) is 2. The number of hydrogen-bond donors (Lipinski definition) is 2. The molecule has 1 fully saturated rings.